The van der Waals surface area contributed by atoms with Crippen molar-refractivity contribution in [3.8, 4) is 0 Å². The molecule has 0 heterocycles. The standard InChI is InChI=1S/C14H20N2O3/c1-10(17)8-9-15-13(18)11(2)16-14(19)12-6-4-3-5-7-12/h3-7,10-11,17H,8-9H2,1-2H3,(H,15,18)(H,16,19). The highest BCUT2D eigenvalue weighted by Gasteiger charge is 2.15. The lowest BCUT2D eigenvalue weighted by atomic mass is 10.2. The Balaban J connectivity index is 2.40. The summed E-state index contributed by atoms with van der Waals surface area (Å²) in [5.41, 5.74) is 0.520. The van der Waals surface area contributed by atoms with E-state index in [-0.39, 0.29) is 11.8 Å². The normalized spacial score (nSPS) is 13.4. The molecule has 0 radical (unpaired) electrons. The van der Waals surface area contributed by atoms with E-state index in [0.29, 0.717) is 18.5 Å². The molecular formula is C14H20N2O3. The van der Waals surface area contributed by atoms with Crippen LogP contribution in [0, 0.1) is 0 Å². The van der Waals surface area contributed by atoms with Crippen molar-refractivity contribution in [2.24, 2.45) is 0 Å². The van der Waals surface area contributed by atoms with Gasteiger partial charge in [0.25, 0.3) is 5.91 Å². The molecule has 0 aromatic heterocycles. The van der Waals surface area contributed by atoms with Crippen LogP contribution in [0.25, 0.3) is 0 Å². The number of nitrogens with one attached hydrogen (secondary N) is 2. The predicted octanol–water partition coefficient (Wildman–Crippen LogP) is 0.692. The second-order valence-corrected chi connectivity index (χ2v) is 4.49. The summed E-state index contributed by atoms with van der Waals surface area (Å²) in [5, 5.41) is 14.4. The van der Waals surface area contributed by atoms with Crippen LogP contribution >= 0.6 is 0 Å². The number of hydrogen-bond acceptors (Lipinski definition) is 3. The molecule has 0 saturated heterocycles. The Kier molecular flexibility index (Phi) is 6.02. The Bertz CT molecular complexity index is 418. The number of aliphatic hydroxyl groups is 1. The zero-order valence-electron chi connectivity index (χ0n) is 11.2. The van der Waals surface area contributed by atoms with Gasteiger partial charge in [-0.25, -0.2) is 0 Å². The summed E-state index contributed by atoms with van der Waals surface area (Å²) in [5.74, 6) is -0.538. The zero-order valence-corrected chi connectivity index (χ0v) is 11.2. The number of hydrogen-bond donors (Lipinski definition) is 3. The topological polar surface area (TPSA) is 78.4 Å². The van der Waals surface area contributed by atoms with Gasteiger partial charge in [-0.2, -0.15) is 0 Å². The van der Waals surface area contributed by atoms with Crippen LogP contribution in [-0.4, -0.2) is 35.6 Å². The van der Waals surface area contributed by atoms with E-state index < -0.39 is 12.1 Å². The van der Waals surface area contributed by atoms with Crippen LogP contribution in [0.2, 0.25) is 0 Å². The molecule has 3 N–H and O–H groups in total. The van der Waals surface area contributed by atoms with Crippen molar-refractivity contribution in [1.29, 1.82) is 0 Å². The van der Waals surface area contributed by atoms with Crippen molar-refractivity contribution in [2.45, 2.75) is 32.4 Å². The average molecular weight is 264 g/mol. The van der Waals surface area contributed by atoms with Gasteiger partial charge in [-0.1, -0.05) is 18.2 Å². The first-order valence-electron chi connectivity index (χ1n) is 6.32. The summed E-state index contributed by atoms with van der Waals surface area (Å²) in [4.78, 5) is 23.5. The van der Waals surface area contributed by atoms with Gasteiger partial charge in [-0.3, -0.25) is 9.59 Å². The molecule has 1 aromatic carbocycles. The van der Waals surface area contributed by atoms with Gasteiger partial charge in [0.2, 0.25) is 5.91 Å². The van der Waals surface area contributed by atoms with E-state index >= 15 is 0 Å². The molecule has 104 valence electrons. The van der Waals surface area contributed by atoms with E-state index in [1.807, 2.05) is 6.07 Å². The monoisotopic (exact) mass is 264 g/mol. The Morgan fingerprint density at radius 3 is 2.42 bits per heavy atom. The van der Waals surface area contributed by atoms with Gasteiger partial charge in [0.1, 0.15) is 6.04 Å². The first kappa shape index (κ1) is 15.2. The maximum Gasteiger partial charge on any atom is 0.251 e. The summed E-state index contributed by atoms with van der Waals surface area (Å²) in [6.45, 7) is 3.67. The minimum Gasteiger partial charge on any atom is -0.393 e. The Morgan fingerprint density at radius 2 is 1.84 bits per heavy atom. The molecular weight excluding hydrogens is 244 g/mol. The van der Waals surface area contributed by atoms with E-state index in [4.69, 9.17) is 5.11 Å². The number of amides is 2. The first-order valence-corrected chi connectivity index (χ1v) is 6.32. The molecule has 5 heteroatoms. The lowest BCUT2D eigenvalue weighted by Gasteiger charge is -2.14. The summed E-state index contributed by atoms with van der Waals surface area (Å²) >= 11 is 0. The molecule has 0 aliphatic carbocycles. The van der Waals surface area contributed by atoms with Crippen molar-refractivity contribution in [3.05, 3.63) is 35.9 Å². The van der Waals surface area contributed by atoms with Crippen LogP contribution in [0.5, 0.6) is 0 Å². The molecule has 5 nitrogen and oxygen atoms in total. The van der Waals surface area contributed by atoms with Crippen LogP contribution < -0.4 is 10.6 Å². The van der Waals surface area contributed by atoms with Crippen molar-refractivity contribution in [1.82, 2.24) is 10.6 Å². The van der Waals surface area contributed by atoms with Crippen LogP contribution in [0.15, 0.2) is 30.3 Å². The van der Waals surface area contributed by atoms with Gasteiger partial charge in [0.05, 0.1) is 6.10 Å². The van der Waals surface area contributed by atoms with E-state index in [1.54, 1.807) is 38.1 Å². The molecule has 0 bridgehead atoms. The molecule has 0 fully saturated rings. The quantitative estimate of drug-likeness (QED) is 0.707. The lowest BCUT2D eigenvalue weighted by molar-refractivity contribution is -0.122. The third-order valence-corrected chi connectivity index (χ3v) is 2.64. The van der Waals surface area contributed by atoms with Crippen LogP contribution in [0.4, 0.5) is 0 Å². The zero-order chi connectivity index (χ0) is 14.3. The molecule has 2 amide bonds. The molecule has 19 heavy (non-hydrogen) atoms. The van der Waals surface area contributed by atoms with E-state index in [2.05, 4.69) is 10.6 Å². The van der Waals surface area contributed by atoms with Gasteiger partial charge >= 0.3 is 0 Å². The molecule has 0 aliphatic rings. The number of aliphatic hydroxyl groups excluding tert-OH is 1. The second-order valence-electron chi connectivity index (χ2n) is 4.49. The van der Waals surface area contributed by atoms with E-state index in [0.717, 1.165) is 0 Å². The average Bonchev–Trinajstić information content (AvgIpc) is 2.39. The third kappa shape index (κ3) is 5.52. The molecule has 0 spiro atoms. The lowest BCUT2D eigenvalue weighted by Crippen LogP contribution is -2.45. The van der Waals surface area contributed by atoms with Crippen LogP contribution in [0.1, 0.15) is 30.6 Å². The van der Waals surface area contributed by atoms with Gasteiger partial charge in [-0.15, -0.1) is 0 Å². The fourth-order valence-corrected chi connectivity index (χ4v) is 1.49. The van der Waals surface area contributed by atoms with Gasteiger partial charge in [0.15, 0.2) is 0 Å². The molecule has 0 aliphatic heterocycles. The highest BCUT2D eigenvalue weighted by atomic mass is 16.3. The molecule has 1 aromatic rings. The molecule has 1 rings (SSSR count). The van der Waals surface area contributed by atoms with Crippen molar-refractivity contribution < 1.29 is 14.7 Å². The van der Waals surface area contributed by atoms with E-state index in [9.17, 15) is 9.59 Å². The molecule has 2 atom stereocenters. The summed E-state index contributed by atoms with van der Waals surface area (Å²) in [6.07, 6.45) is 0.0416. The van der Waals surface area contributed by atoms with Crippen molar-refractivity contribution in [3.63, 3.8) is 0 Å². The van der Waals surface area contributed by atoms with Gasteiger partial charge in [-0.05, 0) is 32.4 Å². The Hall–Kier alpha value is -1.88. The number of carbonyl (C=O) groups excluding carboxylic acids is 2. The number of carbonyl (C=O) groups is 2. The smallest absolute Gasteiger partial charge is 0.251 e. The largest absolute Gasteiger partial charge is 0.393 e. The fourth-order valence-electron chi connectivity index (χ4n) is 1.49. The van der Waals surface area contributed by atoms with E-state index in [1.165, 1.54) is 0 Å². The molecule has 0 saturated carbocycles. The van der Waals surface area contributed by atoms with Crippen LogP contribution in [-0.2, 0) is 4.79 Å². The summed E-state index contributed by atoms with van der Waals surface area (Å²) in [7, 11) is 0. The maximum absolute atomic E-state index is 11.8. The Labute approximate surface area is 113 Å². The second kappa shape index (κ2) is 7.53. The minimum atomic E-state index is -0.610. The maximum atomic E-state index is 11.8. The predicted molar refractivity (Wildman–Crippen MR) is 72.7 cm³/mol. The van der Waals surface area contributed by atoms with Crippen molar-refractivity contribution in [2.75, 3.05) is 6.54 Å². The first-order chi connectivity index (χ1) is 9.00. The van der Waals surface area contributed by atoms with Crippen molar-refractivity contribution >= 4 is 11.8 Å². The highest BCUT2D eigenvalue weighted by Crippen LogP contribution is 1.98. The highest BCUT2D eigenvalue weighted by molar-refractivity contribution is 5.97. The Morgan fingerprint density at radius 1 is 1.21 bits per heavy atom. The molecule has 2 unspecified atom stereocenters. The number of benzene rings is 1. The van der Waals surface area contributed by atoms with Gasteiger partial charge in [0, 0.05) is 12.1 Å². The van der Waals surface area contributed by atoms with Crippen LogP contribution in [0.3, 0.4) is 0 Å². The fraction of sp³-hybridized carbons (Fsp3) is 0.429. The SMILES string of the molecule is CC(O)CCNC(=O)C(C)NC(=O)c1ccccc1. The number of rotatable bonds is 6. The minimum absolute atomic E-state index is 0.259. The van der Waals surface area contributed by atoms with Gasteiger partial charge < -0.3 is 15.7 Å². The summed E-state index contributed by atoms with van der Waals surface area (Å²) in [6, 6.07) is 8.12. The summed E-state index contributed by atoms with van der Waals surface area (Å²) < 4.78 is 0. The third-order valence-electron chi connectivity index (χ3n) is 2.64.